The number of hydrogen-bond acceptors (Lipinski definition) is 2. The van der Waals surface area contributed by atoms with Crippen LogP contribution in [-0.2, 0) is 0 Å². The van der Waals surface area contributed by atoms with E-state index in [1.807, 2.05) is 0 Å². The molecular weight excluding hydrogens is 234 g/mol. The summed E-state index contributed by atoms with van der Waals surface area (Å²) in [6.45, 7) is 9.79. The predicted molar refractivity (Wildman–Crippen MR) is 81.0 cm³/mol. The zero-order chi connectivity index (χ0) is 13.8. The Morgan fingerprint density at radius 1 is 1.32 bits per heavy atom. The average molecular weight is 261 g/mol. The number of hydrogen-bond donors (Lipinski definition) is 1. The molecule has 0 aliphatic heterocycles. The van der Waals surface area contributed by atoms with Gasteiger partial charge < -0.3 is 10.1 Å². The van der Waals surface area contributed by atoms with Crippen molar-refractivity contribution < 1.29 is 4.74 Å². The monoisotopic (exact) mass is 261 g/mol. The van der Waals surface area contributed by atoms with Gasteiger partial charge in [0.1, 0.15) is 11.9 Å². The Morgan fingerprint density at radius 2 is 2.05 bits per heavy atom. The fourth-order valence-electron chi connectivity index (χ4n) is 2.42. The van der Waals surface area contributed by atoms with Gasteiger partial charge in [0.15, 0.2) is 0 Å². The van der Waals surface area contributed by atoms with Gasteiger partial charge in [0.05, 0.1) is 0 Å². The summed E-state index contributed by atoms with van der Waals surface area (Å²) in [4.78, 5) is 0. The summed E-state index contributed by atoms with van der Waals surface area (Å²) in [6.07, 6.45) is 3.99. The van der Waals surface area contributed by atoms with E-state index in [-0.39, 0.29) is 6.10 Å². The minimum absolute atomic E-state index is 0.282. The molecule has 0 radical (unpaired) electrons. The van der Waals surface area contributed by atoms with Gasteiger partial charge in [-0.3, -0.25) is 0 Å². The third-order valence-electron chi connectivity index (χ3n) is 3.83. The van der Waals surface area contributed by atoms with Crippen molar-refractivity contribution in [3.63, 3.8) is 0 Å². The SMILES string of the molecule is CCC(CNC1CC1)Oc1ccc(C(C)C)c(C)c1. The first-order valence-electron chi connectivity index (χ1n) is 7.60. The lowest BCUT2D eigenvalue weighted by Crippen LogP contribution is -2.32. The van der Waals surface area contributed by atoms with Crippen LogP contribution >= 0.6 is 0 Å². The molecule has 0 saturated heterocycles. The lowest BCUT2D eigenvalue weighted by atomic mass is 9.98. The van der Waals surface area contributed by atoms with Gasteiger partial charge in [0.25, 0.3) is 0 Å². The third kappa shape index (κ3) is 4.24. The van der Waals surface area contributed by atoms with Crippen LogP contribution < -0.4 is 10.1 Å². The molecule has 0 bridgehead atoms. The van der Waals surface area contributed by atoms with E-state index in [4.69, 9.17) is 4.74 Å². The maximum atomic E-state index is 6.09. The van der Waals surface area contributed by atoms with E-state index in [0.29, 0.717) is 5.92 Å². The van der Waals surface area contributed by atoms with Crippen LogP contribution in [0.2, 0.25) is 0 Å². The van der Waals surface area contributed by atoms with Gasteiger partial charge in [-0.05, 0) is 55.4 Å². The molecule has 1 unspecified atom stereocenters. The van der Waals surface area contributed by atoms with Crippen molar-refractivity contribution in [2.24, 2.45) is 0 Å². The molecule has 1 aromatic rings. The van der Waals surface area contributed by atoms with Gasteiger partial charge in [0.2, 0.25) is 0 Å². The van der Waals surface area contributed by atoms with Crippen molar-refractivity contribution in [2.45, 2.75) is 65.0 Å². The zero-order valence-corrected chi connectivity index (χ0v) is 12.7. The first-order valence-corrected chi connectivity index (χ1v) is 7.60. The van der Waals surface area contributed by atoms with Crippen LogP contribution in [0.15, 0.2) is 18.2 Å². The summed E-state index contributed by atoms with van der Waals surface area (Å²) in [5.74, 6) is 1.58. The van der Waals surface area contributed by atoms with Crippen molar-refractivity contribution in [2.75, 3.05) is 6.54 Å². The Morgan fingerprint density at radius 3 is 2.58 bits per heavy atom. The first kappa shape index (κ1) is 14.4. The molecule has 1 atom stereocenters. The highest BCUT2D eigenvalue weighted by molar-refractivity contribution is 5.36. The summed E-state index contributed by atoms with van der Waals surface area (Å²) < 4.78 is 6.09. The second kappa shape index (κ2) is 6.42. The van der Waals surface area contributed by atoms with Crippen LogP contribution in [0.1, 0.15) is 57.1 Å². The molecule has 1 fully saturated rings. The molecule has 0 aromatic heterocycles. The Hall–Kier alpha value is -1.02. The lowest BCUT2D eigenvalue weighted by Gasteiger charge is -2.19. The zero-order valence-electron chi connectivity index (χ0n) is 12.7. The number of nitrogens with one attached hydrogen (secondary N) is 1. The maximum absolute atomic E-state index is 6.09. The second-order valence-corrected chi connectivity index (χ2v) is 6.00. The summed E-state index contributed by atoms with van der Waals surface area (Å²) in [5.41, 5.74) is 2.74. The molecule has 2 nitrogen and oxygen atoms in total. The third-order valence-corrected chi connectivity index (χ3v) is 3.83. The molecule has 1 aromatic carbocycles. The standard InChI is InChI=1S/C17H27NO/c1-5-15(11-18-14-6-7-14)19-16-8-9-17(12(2)3)13(4)10-16/h8-10,12,14-15,18H,5-7,11H2,1-4H3. The smallest absolute Gasteiger partial charge is 0.120 e. The fraction of sp³-hybridized carbons (Fsp3) is 0.647. The topological polar surface area (TPSA) is 21.3 Å². The van der Waals surface area contributed by atoms with Gasteiger partial charge in [-0.15, -0.1) is 0 Å². The minimum atomic E-state index is 0.282. The van der Waals surface area contributed by atoms with Crippen LogP contribution in [0.3, 0.4) is 0 Å². The Labute approximate surface area is 117 Å². The summed E-state index contributed by atoms with van der Waals surface area (Å²) in [6, 6.07) is 7.25. The Kier molecular flexibility index (Phi) is 4.87. The quantitative estimate of drug-likeness (QED) is 0.800. The maximum Gasteiger partial charge on any atom is 0.120 e. The molecular formula is C17H27NO. The largest absolute Gasteiger partial charge is 0.489 e. The number of aryl methyl sites for hydroxylation is 1. The van der Waals surface area contributed by atoms with Gasteiger partial charge >= 0.3 is 0 Å². The van der Waals surface area contributed by atoms with Gasteiger partial charge in [-0.1, -0.05) is 26.8 Å². The highest BCUT2D eigenvalue weighted by Crippen LogP contribution is 2.24. The minimum Gasteiger partial charge on any atom is -0.489 e. The van der Waals surface area contributed by atoms with Crippen LogP contribution in [0.5, 0.6) is 5.75 Å². The molecule has 106 valence electrons. The fourth-order valence-corrected chi connectivity index (χ4v) is 2.42. The van der Waals surface area contributed by atoms with E-state index in [2.05, 4.69) is 51.2 Å². The van der Waals surface area contributed by atoms with Crippen LogP contribution in [0.25, 0.3) is 0 Å². The van der Waals surface area contributed by atoms with Gasteiger partial charge in [-0.2, -0.15) is 0 Å². The number of rotatable bonds is 7. The molecule has 1 aliphatic carbocycles. The highest BCUT2D eigenvalue weighted by Gasteiger charge is 2.22. The Bertz CT molecular complexity index is 410. The molecule has 1 aliphatic rings. The molecule has 0 heterocycles. The van der Waals surface area contributed by atoms with Crippen molar-refractivity contribution >= 4 is 0 Å². The van der Waals surface area contributed by atoms with Crippen LogP contribution in [0, 0.1) is 6.92 Å². The van der Waals surface area contributed by atoms with E-state index < -0.39 is 0 Å². The van der Waals surface area contributed by atoms with Crippen molar-refractivity contribution in [3.05, 3.63) is 29.3 Å². The molecule has 1 saturated carbocycles. The van der Waals surface area contributed by atoms with Crippen molar-refractivity contribution in [3.8, 4) is 5.75 Å². The van der Waals surface area contributed by atoms with E-state index in [1.54, 1.807) is 0 Å². The normalized spacial score (nSPS) is 16.7. The number of ether oxygens (including phenoxy) is 1. The lowest BCUT2D eigenvalue weighted by molar-refractivity contribution is 0.192. The molecule has 1 N–H and O–H groups in total. The average Bonchev–Trinajstić information content (AvgIpc) is 3.18. The predicted octanol–water partition coefficient (Wildman–Crippen LogP) is 4.03. The highest BCUT2D eigenvalue weighted by atomic mass is 16.5. The van der Waals surface area contributed by atoms with E-state index in [0.717, 1.165) is 24.8 Å². The Balaban J connectivity index is 1.94. The van der Waals surface area contributed by atoms with E-state index >= 15 is 0 Å². The molecule has 2 heteroatoms. The molecule has 2 rings (SSSR count). The van der Waals surface area contributed by atoms with Crippen LogP contribution in [-0.4, -0.2) is 18.7 Å². The van der Waals surface area contributed by atoms with E-state index in [1.165, 1.54) is 24.0 Å². The summed E-state index contributed by atoms with van der Waals surface area (Å²) in [7, 11) is 0. The number of benzene rings is 1. The van der Waals surface area contributed by atoms with E-state index in [9.17, 15) is 0 Å². The van der Waals surface area contributed by atoms with Gasteiger partial charge in [0, 0.05) is 12.6 Å². The first-order chi connectivity index (χ1) is 9.10. The molecule has 19 heavy (non-hydrogen) atoms. The summed E-state index contributed by atoms with van der Waals surface area (Å²) in [5, 5.41) is 3.55. The molecule has 0 spiro atoms. The second-order valence-electron chi connectivity index (χ2n) is 6.00. The van der Waals surface area contributed by atoms with Crippen molar-refractivity contribution in [1.82, 2.24) is 5.32 Å². The van der Waals surface area contributed by atoms with Crippen molar-refractivity contribution in [1.29, 1.82) is 0 Å². The van der Waals surface area contributed by atoms with Crippen LogP contribution in [0.4, 0.5) is 0 Å². The molecule has 0 amide bonds. The van der Waals surface area contributed by atoms with Gasteiger partial charge in [-0.25, -0.2) is 0 Å². The summed E-state index contributed by atoms with van der Waals surface area (Å²) >= 11 is 0.